The lowest BCUT2D eigenvalue weighted by atomic mass is 10.1. The van der Waals surface area contributed by atoms with Crippen LogP contribution in [-0.2, 0) is 13.2 Å². The van der Waals surface area contributed by atoms with Gasteiger partial charge >= 0.3 is 0 Å². The van der Waals surface area contributed by atoms with Gasteiger partial charge in [-0.1, -0.05) is 6.92 Å². The minimum absolute atomic E-state index is 0.0209. The van der Waals surface area contributed by atoms with Crippen molar-refractivity contribution in [1.82, 2.24) is 9.55 Å². The Morgan fingerprint density at radius 2 is 2.35 bits per heavy atom. The van der Waals surface area contributed by atoms with E-state index in [9.17, 15) is 4.79 Å². The maximum Gasteiger partial charge on any atom is 0.203 e. The zero-order valence-electron chi connectivity index (χ0n) is 11.3. The lowest BCUT2D eigenvalue weighted by Gasteiger charge is -2.09. The van der Waals surface area contributed by atoms with E-state index in [4.69, 9.17) is 9.47 Å². The minimum Gasteiger partial charge on any atom is -0.487 e. The number of aromatic nitrogens is 2. The first-order valence-corrected chi connectivity index (χ1v) is 6.70. The molecule has 5 nitrogen and oxygen atoms in total. The number of rotatable bonds is 5. The SMILES string of the molecule is CCCn1cncc1COc1ccc2c(c1)OCC2=O. The number of benzene rings is 1. The third-order valence-electron chi connectivity index (χ3n) is 3.26. The number of ketones is 1. The molecule has 2 aromatic rings. The van der Waals surface area contributed by atoms with Gasteiger partial charge in [-0.25, -0.2) is 4.98 Å². The Labute approximate surface area is 117 Å². The van der Waals surface area contributed by atoms with Crippen LogP contribution in [0.3, 0.4) is 0 Å². The number of aryl methyl sites for hydroxylation is 1. The fourth-order valence-corrected chi connectivity index (χ4v) is 2.23. The van der Waals surface area contributed by atoms with E-state index in [-0.39, 0.29) is 12.4 Å². The Morgan fingerprint density at radius 1 is 1.45 bits per heavy atom. The summed E-state index contributed by atoms with van der Waals surface area (Å²) >= 11 is 0. The molecule has 0 bridgehead atoms. The molecule has 2 heterocycles. The van der Waals surface area contributed by atoms with E-state index in [1.54, 1.807) is 18.2 Å². The molecular formula is C15H16N2O3. The quantitative estimate of drug-likeness (QED) is 0.839. The predicted molar refractivity (Wildman–Crippen MR) is 73.1 cm³/mol. The number of ether oxygens (including phenoxy) is 2. The van der Waals surface area contributed by atoms with E-state index in [0.29, 0.717) is 23.7 Å². The molecular weight excluding hydrogens is 256 g/mol. The fraction of sp³-hybridized carbons (Fsp3) is 0.333. The number of Topliss-reactive ketones (excluding diaryl/α,β-unsaturated/α-hetero) is 1. The van der Waals surface area contributed by atoms with Gasteiger partial charge in [0.05, 0.1) is 23.8 Å². The Morgan fingerprint density at radius 3 is 3.20 bits per heavy atom. The minimum atomic E-state index is 0.0209. The van der Waals surface area contributed by atoms with Crippen LogP contribution in [0.5, 0.6) is 11.5 Å². The highest BCUT2D eigenvalue weighted by Gasteiger charge is 2.21. The van der Waals surface area contributed by atoms with Crippen molar-refractivity contribution in [2.75, 3.05) is 6.61 Å². The lowest BCUT2D eigenvalue weighted by Crippen LogP contribution is -2.05. The van der Waals surface area contributed by atoms with Gasteiger partial charge in [0, 0.05) is 12.6 Å². The summed E-state index contributed by atoms with van der Waals surface area (Å²) in [6.07, 6.45) is 4.67. The number of imidazole rings is 1. The van der Waals surface area contributed by atoms with Crippen LogP contribution < -0.4 is 9.47 Å². The van der Waals surface area contributed by atoms with Crippen molar-refractivity contribution >= 4 is 5.78 Å². The highest BCUT2D eigenvalue weighted by atomic mass is 16.5. The van der Waals surface area contributed by atoms with Crippen LogP contribution in [0.2, 0.25) is 0 Å². The van der Waals surface area contributed by atoms with E-state index in [2.05, 4.69) is 16.5 Å². The molecule has 1 aliphatic heterocycles. The molecule has 0 spiro atoms. The molecule has 0 N–H and O–H groups in total. The van der Waals surface area contributed by atoms with Gasteiger partial charge in [0.2, 0.25) is 5.78 Å². The molecule has 1 aliphatic rings. The summed E-state index contributed by atoms with van der Waals surface area (Å²) in [5, 5.41) is 0. The molecule has 104 valence electrons. The van der Waals surface area contributed by atoms with E-state index < -0.39 is 0 Å². The molecule has 20 heavy (non-hydrogen) atoms. The largest absolute Gasteiger partial charge is 0.487 e. The molecule has 0 amide bonds. The van der Waals surface area contributed by atoms with E-state index in [1.165, 1.54) is 0 Å². The first kappa shape index (κ1) is 12.7. The second kappa shape index (κ2) is 5.36. The van der Waals surface area contributed by atoms with Crippen molar-refractivity contribution < 1.29 is 14.3 Å². The standard InChI is InChI=1S/C15H16N2O3/c1-2-5-17-10-16-7-11(17)8-19-12-3-4-13-14(18)9-20-15(13)6-12/h3-4,6-7,10H,2,5,8-9H2,1H3. The molecule has 1 aromatic carbocycles. The molecule has 0 unspecified atom stereocenters. The van der Waals surface area contributed by atoms with Gasteiger partial charge in [-0.2, -0.15) is 0 Å². The average molecular weight is 272 g/mol. The van der Waals surface area contributed by atoms with Crippen LogP contribution >= 0.6 is 0 Å². The summed E-state index contributed by atoms with van der Waals surface area (Å²) in [5.41, 5.74) is 1.66. The summed E-state index contributed by atoms with van der Waals surface area (Å²) in [4.78, 5) is 15.6. The van der Waals surface area contributed by atoms with E-state index in [0.717, 1.165) is 18.7 Å². The van der Waals surface area contributed by atoms with Gasteiger partial charge in [-0.15, -0.1) is 0 Å². The van der Waals surface area contributed by atoms with Gasteiger partial charge in [-0.05, 0) is 18.6 Å². The van der Waals surface area contributed by atoms with Crippen molar-refractivity contribution in [2.24, 2.45) is 0 Å². The van der Waals surface area contributed by atoms with Crippen LogP contribution in [0.15, 0.2) is 30.7 Å². The second-order valence-corrected chi connectivity index (χ2v) is 4.74. The lowest BCUT2D eigenvalue weighted by molar-refractivity contribution is 0.0961. The maximum atomic E-state index is 11.5. The number of nitrogens with zero attached hydrogens (tertiary/aromatic N) is 2. The summed E-state index contributed by atoms with van der Waals surface area (Å²) in [5.74, 6) is 1.32. The number of fused-ring (bicyclic) bond motifs is 1. The van der Waals surface area contributed by atoms with Crippen LogP contribution in [0.25, 0.3) is 0 Å². The summed E-state index contributed by atoms with van der Waals surface area (Å²) < 4.78 is 13.1. The summed E-state index contributed by atoms with van der Waals surface area (Å²) in [6, 6.07) is 5.32. The Balaban J connectivity index is 1.70. The molecule has 1 aromatic heterocycles. The summed E-state index contributed by atoms with van der Waals surface area (Å²) in [6.45, 7) is 3.63. The number of hydrogen-bond acceptors (Lipinski definition) is 4. The summed E-state index contributed by atoms with van der Waals surface area (Å²) in [7, 11) is 0. The predicted octanol–water partition coefficient (Wildman–Crippen LogP) is 2.45. The van der Waals surface area contributed by atoms with Crippen molar-refractivity contribution in [2.45, 2.75) is 26.5 Å². The van der Waals surface area contributed by atoms with Gasteiger partial charge in [0.1, 0.15) is 18.1 Å². The third-order valence-corrected chi connectivity index (χ3v) is 3.26. The van der Waals surface area contributed by atoms with E-state index >= 15 is 0 Å². The van der Waals surface area contributed by atoms with Gasteiger partial charge in [0.25, 0.3) is 0 Å². The van der Waals surface area contributed by atoms with Crippen molar-refractivity contribution in [3.05, 3.63) is 42.0 Å². The van der Waals surface area contributed by atoms with Crippen molar-refractivity contribution in [3.63, 3.8) is 0 Å². The smallest absolute Gasteiger partial charge is 0.203 e. The zero-order chi connectivity index (χ0) is 13.9. The first-order chi connectivity index (χ1) is 9.78. The van der Waals surface area contributed by atoms with E-state index in [1.807, 2.05) is 12.5 Å². The fourth-order valence-electron chi connectivity index (χ4n) is 2.23. The highest BCUT2D eigenvalue weighted by molar-refractivity contribution is 6.02. The number of carbonyl (C=O) groups excluding carboxylic acids is 1. The van der Waals surface area contributed by atoms with Gasteiger partial charge in [-0.3, -0.25) is 4.79 Å². The number of hydrogen-bond donors (Lipinski definition) is 0. The Bertz CT molecular complexity index is 634. The van der Waals surface area contributed by atoms with Crippen LogP contribution in [-0.4, -0.2) is 21.9 Å². The van der Waals surface area contributed by atoms with Crippen molar-refractivity contribution in [3.8, 4) is 11.5 Å². The first-order valence-electron chi connectivity index (χ1n) is 6.70. The topological polar surface area (TPSA) is 53.4 Å². The van der Waals surface area contributed by atoms with Gasteiger partial charge < -0.3 is 14.0 Å². The Kier molecular flexibility index (Phi) is 3.41. The molecule has 0 aliphatic carbocycles. The Hall–Kier alpha value is -2.30. The van der Waals surface area contributed by atoms with Gasteiger partial charge in [0.15, 0.2) is 6.61 Å². The van der Waals surface area contributed by atoms with Crippen LogP contribution in [0.1, 0.15) is 29.4 Å². The second-order valence-electron chi connectivity index (χ2n) is 4.74. The number of carbonyl (C=O) groups is 1. The molecule has 0 saturated heterocycles. The van der Waals surface area contributed by atoms with Crippen LogP contribution in [0.4, 0.5) is 0 Å². The maximum absolute atomic E-state index is 11.5. The third kappa shape index (κ3) is 2.39. The molecule has 0 fully saturated rings. The highest BCUT2D eigenvalue weighted by Crippen LogP contribution is 2.29. The molecule has 0 radical (unpaired) electrons. The molecule has 0 saturated carbocycles. The average Bonchev–Trinajstić information content (AvgIpc) is 3.04. The normalized spacial score (nSPS) is 13.2. The monoisotopic (exact) mass is 272 g/mol. The zero-order valence-corrected chi connectivity index (χ0v) is 11.3. The van der Waals surface area contributed by atoms with Crippen molar-refractivity contribution in [1.29, 1.82) is 0 Å². The van der Waals surface area contributed by atoms with Crippen LogP contribution in [0, 0.1) is 0 Å². The molecule has 3 rings (SSSR count). The molecule has 5 heteroatoms. The molecule has 0 atom stereocenters.